The fraction of sp³-hybridized carbons (Fsp3) is 0.647. The third kappa shape index (κ3) is 2.69. The molecule has 0 heterocycles. The average Bonchev–Trinajstić information content (AvgIpc) is 3.01. The number of benzene rings is 1. The molecule has 1 nitrogen and oxygen atoms in total. The Bertz CT molecular complexity index is 427. The van der Waals surface area contributed by atoms with Crippen molar-refractivity contribution in [2.75, 3.05) is 0 Å². The van der Waals surface area contributed by atoms with Crippen LogP contribution in [0.15, 0.2) is 24.3 Å². The Hall–Kier alpha value is -0.890. The first-order valence-electron chi connectivity index (χ1n) is 7.65. The van der Waals surface area contributed by atoms with E-state index >= 15 is 0 Å². The van der Waals surface area contributed by atoms with Crippen molar-refractivity contribution in [3.63, 3.8) is 0 Å². The van der Waals surface area contributed by atoms with E-state index in [0.717, 1.165) is 17.8 Å². The lowest BCUT2D eigenvalue weighted by atomic mass is 9.83. The molecule has 2 bridgehead atoms. The maximum absolute atomic E-state index is 12.9. The van der Waals surface area contributed by atoms with Gasteiger partial charge in [-0.1, -0.05) is 18.6 Å². The molecule has 2 aliphatic carbocycles. The fourth-order valence-corrected chi connectivity index (χ4v) is 4.27. The summed E-state index contributed by atoms with van der Waals surface area (Å²) >= 11 is 0. The third-order valence-electron chi connectivity index (χ3n) is 5.32. The van der Waals surface area contributed by atoms with E-state index in [2.05, 4.69) is 19.2 Å². The highest BCUT2D eigenvalue weighted by molar-refractivity contribution is 5.19. The van der Waals surface area contributed by atoms with E-state index in [0.29, 0.717) is 12.1 Å². The standard InChI is InChI=1S/C17H24FN/c1-11(14-5-7-16(18)8-6-14)19-12(2)17-10-13-3-4-15(17)9-13/h5-8,11-13,15,17,19H,3-4,9-10H2,1-2H3. The van der Waals surface area contributed by atoms with E-state index in [1.165, 1.54) is 31.2 Å². The predicted octanol–water partition coefficient (Wildman–Crippen LogP) is 4.30. The highest BCUT2D eigenvalue weighted by Gasteiger charge is 2.41. The molecule has 2 heteroatoms. The van der Waals surface area contributed by atoms with Gasteiger partial charge in [0.2, 0.25) is 0 Å². The summed E-state index contributed by atoms with van der Waals surface area (Å²) in [5.41, 5.74) is 1.18. The van der Waals surface area contributed by atoms with E-state index < -0.39 is 0 Å². The zero-order valence-electron chi connectivity index (χ0n) is 11.9. The summed E-state index contributed by atoms with van der Waals surface area (Å²) in [7, 11) is 0. The van der Waals surface area contributed by atoms with Crippen molar-refractivity contribution in [2.24, 2.45) is 17.8 Å². The van der Waals surface area contributed by atoms with E-state index in [1.54, 1.807) is 12.1 Å². The Morgan fingerprint density at radius 3 is 2.42 bits per heavy atom. The Morgan fingerprint density at radius 1 is 1.11 bits per heavy atom. The van der Waals surface area contributed by atoms with Crippen LogP contribution < -0.4 is 5.32 Å². The van der Waals surface area contributed by atoms with E-state index in [4.69, 9.17) is 0 Å². The Morgan fingerprint density at radius 2 is 1.84 bits per heavy atom. The molecule has 2 aliphatic rings. The van der Waals surface area contributed by atoms with Crippen molar-refractivity contribution in [2.45, 2.75) is 51.6 Å². The van der Waals surface area contributed by atoms with Gasteiger partial charge in [0.1, 0.15) is 5.82 Å². The third-order valence-corrected chi connectivity index (χ3v) is 5.32. The topological polar surface area (TPSA) is 12.0 Å². The second kappa shape index (κ2) is 5.24. The number of fused-ring (bicyclic) bond motifs is 2. The van der Waals surface area contributed by atoms with Gasteiger partial charge in [-0.25, -0.2) is 4.39 Å². The summed E-state index contributed by atoms with van der Waals surface area (Å²) in [5.74, 6) is 2.65. The number of halogens is 1. The SMILES string of the molecule is CC(NC(C)C1CC2CCC1C2)c1ccc(F)cc1. The second-order valence-electron chi connectivity index (χ2n) is 6.57. The molecular weight excluding hydrogens is 237 g/mol. The summed E-state index contributed by atoms with van der Waals surface area (Å²) in [6.45, 7) is 4.50. The summed E-state index contributed by atoms with van der Waals surface area (Å²) in [5, 5.41) is 3.72. The normalized spacial score (nSPS) is 32.5. The van der Waals surface area contributed by atoms with Gasteiger partial charge in [-0.05, 0) is 68.6 Å². The fourth-order valence-electron chi connectivity index (χ4n) is 4.27. The molecule has 5 atom stereocenters. The summed E-state index contributed by atoms with van der Waals surface area (Å²) in [6.07, 6.45) is 5.77. The van der Waals surface area contributed by atoms with Crippen molar-refractivity contribution >= 4 is 0 Å². The number of nitrogens with one attached hydrogen (secondary N) is 1. The van der Waals surface area contributed by atoms with Crippen molar-refractivity contribution in [3.05, 3.63) is 35.6 Å². The Kier molecular flexibility index (Phi) is 3.62. The second-order valence-corrected chi connectivity index (χ2v) is 6.57. The number of hydrogen-bond acceptors (Lipinski definition) is 1. The largest absolute Gasteiger partial charge is 0.307 e. The van der Waals surface area contributed by atoms with Gasteiger partial charge < -0.3 is 5.32 Å². The van der Waals surface area contributed by atoms with Crippen molar-refractivity contribution in [3.8, 4) is 0 Å². The number of rotatable bonds is 4. The van der Waals surface area contributed by atoms with Gasteiger partial charge in [-0.2, -0.15) is 0 Å². The molecule has 0 radical (unpaired) electrons. The molecule has 1 aromatic carbocycles. The number of hydrogen-bond donors (Lipinski definition) is 1. The smallest absolute Gasteiger partial charge is 0.123 e. The van der Waals surface area contributed by atoms with Crippen molar-refractivity contribution < 1.29 is 4.39 Å². The van der Waals surface area contributed by atoms with Crippen LogP contribution in [0, 0.1) is 23.6 Å². The van der Waals surface area contributed by atoms with Gasteiger partial charge in [-0.15, -0.1) is 0 Å². The molecule has 0 aliphatic heterocycles. The molecule has 2 saturated carbocycles. The minimum Gasteiger partial charge on any atom is -0.307 e. The quantitative estimate of drug-likeness (QED) is 0.852. The van der Waals surface area contributed by atoms with Crippen LogP contribution in [0.2, 0.25) is 0 Å². The Labute approximate surface area is 115 Å². The molecule has 19 heavy (non-hydrogen) atoms. The van der Waals surface area contributed by atoms with Gasteiger partial charge in [0.05, 0.1) is 0 Å². The van der Waals surface area contributed by atoms with Crippen LogP contribution in [0.3, 0.4) is 0 Å². The summed E-state index contributed by atoms with van der Waals surface area (Å²) in [4.78, 5) is 0. The molecule has 104 valence electrons. The summed E-state index contributed by atoms with van der Waals surface area (Å²) < 4.78 is 12.9. The van der Waals surface area contributed by atoms with E-state index in [-0.39, 0.29) is 5.82 Å². The van der Waals surface area contributed by atoms with Gasteiger partial charge in [0.25, 0.3) is 0 Å². The van der Waals surface area contributed by atoms with Gasteiger partial charge >= 0.3 is 0 Å². The zero-order valence-corrected chi connectivity index (χ0v) is 11.9. The molecule has 0 saturated heterocycles. The average molecular weight is 261 g/mol. The van der Waals surface area contributed by atoms with Crippen LogP contribution in [-0.2, 0) is 0 Å². The minimum absolute atomic E-state index is 0.155. The highest BCUT2D eigenvalue weighted by atomic mass is 19.1. The maximum atomic E-state index is 12.9. The monoisotopic (exact) mass is 261 g/mol. The zero-order chi connectivity index (χ0) is 13.4. The molecule has 3 rings (SSSR count). The lowest BCUT2D eigenvalue weighted by molar-refractivity contribution is 0.248. The molecule has 1 N–H and O–H groups in total. The first-order chi connectivity index (χ1) is 9.13. The van der Waals surface area contributed by atoms with Crippen LogP contribution >= 0.6 is 0 Å². The lowest BCUT2D eigenvalue weighted by Gasteiger charge is -2.31. The summed E-state index contributed by atoms with van der Waals surface area (Å²) in [6, 6.07) is 7.75. The van der Waals surface area contributed by atoms with Crippen LogP contribution in [0.25, 0.3) is 0 Å². The molecule has 0 spiro atoms. The van der Waals surface area contributed by atoms with Gasteiger partial charge in [0.15, 0.2) is 0 Å². The van der Waals surface area contributed by atoms with E-state index in [9.17, 15) is 4.39 Å². The molecular formula is C17H24FN. The van der Waals surface area contributed by atoms with Crippen molar-refractivity contribution in [1.82, 2.24) is 5.32 Å². The Balaban J connectivity index is 1.60. The van der Waals surface area contributed by atoms with E-state index in [1.807, 2.05) is 12.1 Å². The molecule has 5 unspecified atom stereocenters. The van der Waals surface area contributed by atoms with Crippen molar-refractivity contribution in [1.29, 1.82) is 0 Å². The molecule has 0 amide bonds. The maximum Gasteiger partial charge on any atom is 0.123 e. The molecule has 2 fully saturated rings. The lowest BCUT2D eigenvalue weighted by Crippen LogP contribution is -2.37. The molecule has 1 aromatic rings. The highest BCUT2D eigenvalue weighted by Crippen LogP contribution is 2.49. The van der Waals surface area contributed by atoms with Gasteiger partial charge in [-0.3, -0.25) is 0 Å². The van der Waals surface area contributed by atoms with Crippen LogP contribution in [-0.4, -0.2) is 6.04 Å². The minimum atomic E-state index is -0.155. The molecule has 0 aromatic heterocycles. The van der Waals surface area contributed by atoms with Crippen LogP contribution in [0.4, 0.5) is 4.39 Å². The first-order valence-corrected chi connectivity index (χ1v) is 7.65. The van der Waals surface area contributed by atoms with Gasteiger partial charge in [0, 0.05) is 12.1 Å². The van der Waals surface area contributed by atoms with Crippen LogP contribution in [0.1, 0.15) is 51.1 Å². The predicted molar refractivity (Wildman–Crippen MR) is 76.4 cm³/mol. The first kappa shape index (κ1) is 13.1. The van der Waals surface area contributed by atoms with Crippen LogP contribution in [0.5, 0.6) is 0 Å².